The topological polar surface area (TPSA) is 20.2 Å². The van der Waals surface area contributed by atoms with E-state index in [1.807, 2.05) is 11.8 Å². The maximum atomic E-state index is 10.1. The summed E-state index contributed by atoms with van der Waals surface area (Å²) in [5.41, 5.74) is 1.17. The zero-order valence-electron chi connectivity index (χ0n) is 11.7. The maximum Gasteiger partial charge on any atom is 0.102 e. The minimum absolute atomic E-state index is 0.0761. The summed E-state index contributed by atoms with van der Waals surface area (Å²) in [5, 5.41) is 10.1. The van der Waals surface area contributed by atoms with E-state index in [2.05, 4.69) is 37.3 Å². The van der Waals surface area contributed by atoms with Gasteiger partial charge in [0, 0.05) is 0 Å². The molecule has 106 valence electrons. The summed E-state index contributed by atoms with van der Waals surface area (Å²) in [4.78, 5) is 0. The second-order valence-corrected chi connectivity index (χ2v) is 8.27. The Labute approximate surface area is 125 Å². The van der Waals surface area contributed by atoms with E-state index in [1.54, 1.807) is 11.8 Å². The molecule has 2 unspecified atom stereocenters. The van der Waals surface area contributed by atoms with Gasteiger partial charge in [0.15, 0.2) is 0 Å². The Hall–Kier alpha value is -0.120. The molecule has 19 heavy (non-hydrogen) atoms. The first kappa shape index (κ1) is 15.3. The fourth-order valence-corrected chi connectivity index (χ4v) is 6.02. The molecule has 0 aliphatic carbocycles. The first-order chi connectivity index (χ1) is 9.27. The number of aliphatic hydroxyl groups is 1. The van der Waals surface area contributed by atoms with Gasteiger partial charge in [-0.2, -0.15) is 0 Å². The van der Waals surface area contributed by atoms with Crippen molar-refractivity contribution in [2.24, 2.45) is 0 Å². The lowest BCUT2D eigenvalue weighted by molar-refractivity contribution is 0.257. The zero-order valence-corrected chi connectivity index (χ0v) is 13.3. The highest BCUT2D eigenvalue weighted by atomic mass is 32.2. The molecule has 1 heterocycles. The molecule has 0 spiro atoms. The van der Waals surface area contributed by atoms with Crippen LogP contribution in [-0.4, -0.2) is 16.3 Å². The van der Waals surface area contributed by atoms with Crippen molar-refractivity contribution in [1.29, 1.82) is 0 Å². The molecule has 2 atom stereocenters. The van der Waals surface area contributed by atoms with Gasteiger partial charge >= 0.3 is 0 Å². The monoisotopic (exact) mass is 296 g/mol. The van der Waals surface area contributed by atoms with Gasteiger partial charge < -0.3 is 5.11 Å². The molecule has 1 aromatic carbocycles. The van der Waals surface area contributed by atoms with E-state index in [4.69, 9.17) is 0 Å². The summed E-state index contributed by atoms with van der Waals surface area (Å²) in [6, 6.07) is 10.7. The number of aliphatic hydroxyl groups excluding tert-OH is 1. The summed E-state index contributed by atoms with van der Waals surface area (Å²) in [7, 11) is 0. The highest BCUT2D eigenvalue weighted by Gasteiger charge is 2.38. The molecule has 1 saturated heterocycles. The van der Waals surface area contributed by atoms with E-state index < -0.39 is 0 Å². The Kier molecular flexibility index (Phi) is 6.11. The lowest BCUT2D eigenvalue weighted by atomic mass is 10.0. The van der Waals surface area contributed by atoms with Crippen LogP contribution in [0.5, 0.6) is 0 Å². The summed E-state index contributed by atoms with van der Waals surface area (Å²) in [5.74, 6) is 1.07. The average molecular weight is 297 g/mol. The van der Waals surface area contributed by atoms with Crippen LogP contribution in [0.3, 0.4) is 0 Å². The molecule has 1 fully saturated rings. The Morgan fingerprint density at radius 1 is 1.21 bits per heavy atom. The molecule has 1 nitrogen and oxygen atoms in total. The Bertz CT molecular complexity index is 368. The predicted octanol–water partition coefficient (Wildman–Crippen LogP) is 5.00. The van der Waals surface area contributed by atoms with Crippen LogP contribution in [0.1, 0.15) is 51.0 Å². The normalized spacial score (nSPS) is 27.4. The first-order valence-corrected chi connectivity index (χ1v) is 9.19. The summed E-state index contributed by atoms with van der Waals surface area (Å²) in [6.07, 6.45) is 7.25. The van der Waals surface area contributed by atoms with E-state index in [-0.39, 0.29) is 9.52 Å². The quantitative estimate of drug-likeness (QED) is 0.746. The number of rotatable bonds is 6. The highest BCUT2D eigenvalue weighted by Crippen LogP contribution is 2.55. The third-order valence-electron chi connectivity index (χ3n) is 3.60. The fraction of sp³-hybridized carbons (Fsp3) is 0.625. The molecule has 3 heteroatoms. The van der Waals surface area contributed by atoms with Gasteiger partial charge in [-0.1, -0.05) is 62.9 Å². The van der Waals surface area contributed by atoms with Crippen LogP contribution in [-0.2, 0) is 4.08 Å². The third-order valence-corrected chi connectivity index (χ3v) is 6.92. The smallest absolute Gasteiger partial charge is 0.102 e. The molecule has 1 aromatic rings. The minimum atomic E-state index is -0.201. The van der Waals surface area contributed by atoms with Crippen LogP contribution in [0.4, 0.5) is 0 Å². The Morgan fingerprint density at radius 2 is 2.00 bits per heavy atom. The van der Waals surface area contributed by atoms with Gasteiger partial charge in [-0.05, 0) is 24.2 Å². The van der Waals surface area contributed by atoms with Crippen molar-refractivity contribution < 1.29 is 5.11 Å². The number of thioether (sulfide) groups is 2. The molecule has 0 bridgehead atoms. The second kappa shape index (κ2) is 7.61. The molecule has 1 N–H and O–H groups in total. The van der Waals surface area contributed by atoms with Crippen molar-refractivity contribution in [2.75, 3.05) is 5.75 Å². The van der Waals surface area contributed by atoms with E-state index in [0.717, 1.165) is 12.2 Å². The van der Waals surface area contributed by atoms with Gasteiger partial charge in [-0.3, -0.25) is 0 Å². The van der Waals surface area contributed by atoms with Crippen molar-refractivity contribution in [2.45, 2.75) is 55.0 Å². The van der Waals surface area contributed by atoms with Crippen LogP contribution in [0, 0.1) is 0 Å². The lowest BCUT2D eigenvalue weighted by Crippen LogP contribution is -2.27. The van der Waals surface area contributed by atoms with Crippen molar-refractivity contribution in [3.63, 3.8) is 0 Å². The second-order valence-electron chi connectivity index (χ2n) is 5.14. The molecule has 0 radical (unpaired) electrons. The average Bonchev–Trinajstić information content (AvgIpc) is 2.45. The standard InChI is InChI=1S/C16H24OS2/c1-2-3-4-8-12-16(14-9-6-5-7-10-14)18-13-11-15(17)19-16/h5-7,9-10,15,17H,2-4,8,11-13H2,1H3. The highest BCUT2D eigenvalue weighted by molar-refractivity contribution is 8.18. The number of hydrogen-bond donors (Lipinski definition) is 1. The van der Waals surface area contributed by atoms with Crippen molar-refractivity contribution >= 4 is 23.5 Å². The number of hydrogen-bond acceptors (Lipinski definition) is 3. The molecular weight excluding hydrogens is 272 g/mol. The molecule has 1 aliphatic rings. The number of unbranched alkanes of at least 4 members (excludes halogenated alkanes) is 3. The van der Waals surface area contributed by atoms with E-state index in [9.17, 15) is 5.11 Å². The van der Waals surface area contributed by atoms with Gasteiger partial charge in [0.25, 0.3) is 0 Å². The molecule has 0 aromatic heterocycles. The molecule has 2 rings (SSSR count). The summed E-state index contributed by atoms with van der Waals surface area (Å²) >= 11 is 3.79. The van der Waals surface area contributed by atoms with Crippen LogP contribution in [0.25, 0.3) is 0 Å². The third kappa shape index (κ3) is 4.17. The summed E-state index contributed by atoms with van der Waals surface area (Å²) in [6.45, 7) is 2.25. The van der Waals surface area contributed by atoms with Gasteiger partial charge in [0.1, 0.15) is 5.44 Å². The van der Waals surface area contributed by atoms with Crippen LogP contribution < -0.4 is 0 Å². The van der Waals surface area contributed by atoms with E-state index >= 15 is 0 Å². The largest absolute Gasteiger partial charge is 0.382 e. The predicted molar refractivity (Wildman–Crippen MR) is 87.6 cm³/mol. The SMILES string of the molecule is CCCCCCC1(c2ccccc2)SCCC(O)S1. The number of benzene rings is 1. The van der Waals surface area contributed by atoms with Gasteiger partial charge in [0.05, 0.1) is 4.08 Å². The zero-order chi connectivity index (χ0) is 13.6. The van der Waals surface area contributed by atoms with Crippen LogP contribution >= 0.6 is 23.5 Å². The molecule has 0 saturated carbocycles. The van der Waals surface area contributed by atoms with Gasteiger partial charge in [0.2, 0.25) is 0 Å². The molecular formula is C16H24OS2. The van der Waals surface area contributed by atoms with Crippen LogP contribution in [0.15, 0.2) is 30.3 Å². The Morgan fingerprint density at radius 3 is 2.68 bits per heavy atom. The van der Waals surface area contributed by atoms with Crippen molar-refractivity contribution in [1.82, 2.24) is 0 Å². The summed E-state index contributed by atoms with van der Waals surface area (Å²) < 4.78 is 0.0761. The molecule has 0 amide bonds. The Balaban J connectivity index is 2.09. The minimum Gasteiger partial charge on any atom is -0.382 e. The van der Waals surface area contributed by atoms with Gasteiger partial charge in [-0.15, -0.1) is 23.5 Å². The maximum absolute atomic E-state index is 10.1. The fourth-order valence-electron chi connectivity index (χ4n) is 2.54. The molecule has 1 aliphatic heterocycles. The van der Waals surface area contributed by atoms with E-state index in [1.165, 1.54) is 37.7 Å². The van der Waals surface area contributed by atoms with Crippen molar-refractivity contribution in [3.05, 3.63) is 35.9 Å². The lowest BCUT2D eigenvalue weighted by Gasteiger charge is -2.39. The first-order valence-electron chi connectivity index (χ1n) is 7.32. The van der Waals surface area contributed by atoms with Crippen LogP contribution in [0.2, 0.25) is 0 Å². The van der Waals surface area contributed by atoms with Gasteiger partial charge in [-0.25, -0.2) is 0 Å². The van der Waals surface area contributed by atoms with E-state index in [0.29, 0.717) is 0 Å². The van der Waals surface area contributed by atoms with Crippen molar-refractivity contribution in [3.8, 4) is 0 Å².